The first-order valence-electron chi connectivity index (χ1n) is 5.31. The Morgan fingerprint density at radius 2 is 2.19 bits per heavy atom. The number of hydrogen-bond acceptors (Lipinski definition) is 4. The average molecular weight is 217 g/mol. The molecule has 2 N–H and O–H groups in total. The maximum atomic E-state index is 5.87. The zero-order valence-corrected chi connectivity index (χ0v) is 9.51. The van der Waals surface area contributed by atoms with Crippen LogP contribution in [0.15, 0.2) is 18.6 Å². The highest BCUT2D eigenvalue weighted by Gasteiger charge is 2.12. The zero-order chi connectivity index (χ0) is 11.5. The Kier molecular flexibility index (Phi) is 2.85. The molecule has 0 spiro atoms. The third-order valence-electron chi connectivity index (χ3n) is 2.43. The van der Waals surface area contributed by atoms with E-state index in [1.54, 1.807) is 4.68 Å². The lowest BCUT2D eigenvalue weighted by atomic mass is 10.1. The van der Waals surface area contributed by atoms with Gasteiger partial charge in [0.15, 0.2) is 0 Å². The van der Waals surface area contributed by atoms with Gasteiger partial charge in [-0.2, -0.15) is 5.10 Å². The van der Waals surface area contributed by atoms with Gasteiger partial charge in [-0.1, -0.05) is 13.3 Å². The summed E-state index contributed by atoms with van der Waals surface area (Å²) >= 11 is 0. The van der Waals surface area contributed by atoms with Gasteiger partial charge in [0.1, 0.15) is 17.8 Å². The summed E-state index contributed by atoms with van der Waals surface area (Å²) in [4.78, 5) is 8.30. The van der Waals surface area contributed by atoms with Crippen LogP contribution in [0.1, 0.15) is 18.9 Å². The summed E-state index contributed by atoms with van der Waals surface area (Å²) in [7, 11) is 1.88. The third kappa shape index (κ3) is 1.88. The molecule has 84 valence electrons. The van der Waals surface area contributed by atoms with Crippen LogP contribution in [-0.4, -0.2) is 19.7 Å². The smallest absolute Gasteiger partial charge is 0.130 e. The van der Waals surface area contributed by atoms with Crippen LogP contribution in [0.2, 0.25) is 0 Å². The summed E-state index contributed by atoms with van der Waals surface area (Å²) in [5.74, 6) is 0.553. The van der Waals surface area contributed by atoms with E-state index in [1.807, 2.05) is 19.3 Å². The number of aromatic nitrogens is 4. The fraction of sp³-hybridized carbons (Fsp3) is 0.364. The molecule has 0 unspecified atom stereocenters. The summed E-state index contributed by atoms with van der Waals surface area (Å²) in [6, 6.07) is 1.93. The molecule has 2 aromatic rings. The number of hydrogen-bond donors (Lipinski definition) is 1. The number of anilines is 1. The molecule has 0 aliphatic carbocycles. The summed E-state index contributed by atoms with van der Waals surface area (Å²) in [6.45, 7) is 2.11. The van der Waals surface area contributed by atoms with Gasteiger partial charge in [0.05, 0.1) is 5.69 Å². The van der Waals surface area contributed by atoms with Crippen molar-refractivity contribution in [3.8, 4) is 11.4 Å². The van der Waals surface area contributed by atoms with Gasteiger partial charge in [-0.25, -0.2) is 9.97 Å². The molecule has 16 heavy (non-hydrogen) atoms. The highest BCUT2D eigenvalue weighted by atomic mass is 15.2. The van der Waals surface area contributed by atoms with Gasteiger partial charge in [-0.3, -0.25) is 4.68 Å². The Hall–Kier alpha value is -1.91. The molecule has 0 aliphatic rings. The van der Waals surface area contributed by atoms with Crippen LogP contribution in [0.5, 0.6) is 0 Å². The van der Waals surface area contributed by atoms with Crippen molar-refractivity contribution < 1.29 is 0 Å². The standard InChI is InChI=1S/C11H15N5/c1-3-4-8-10(13-7-14-11(8)12)9-5-6-16(2)15-9/h5-7H,3-4H2,1-2H3,(H2,12,13,14). The highest BCUT2D eigenvalue weighted by Crippen LogP contribution is 2.23. The second-order valence-electron chi connectivity index (χ2n) is 3.71. The Morgan fingerprint density at radius 1 is 1.38 bits per heavy atom. The molecule has 0 atom stereocenters. The largest absolute Gasteiger partial charge is 0.383 e. The molecule has 0 fully saturated rings. The highest BCUT2D eigenvalue weighted by molar-refractivity contribution is 5.63. The predicted octanol–water partition coefficient (Wildman–Crippen LogP) is 1.41. The number of rotatable bonds is 3. The van der Waals surface area contributed by atoms with Gasteiger partial charge in [0.2, 0.25) is 0 Å². The number of aryl methyl sites for hydroxylation is 1. The van der Waals surface area contributed by atoms with E-state index in [0.717, 1.165) is 29.8 Å². The minimum Gasteiger partial charge on any atom is -0.383 e. The summed E-state index contributed by atoms with van der Waals surface area (Å²) in [5.41, 5.74) is 8.55. The van der Waals surface area contributed by atoms with Gasteiger partial charge in [0, 0.05) is 18.8 Å². The summed E-state index contributed by atoms with van der Waals surface area (Å²) < 4.78 is 1.75. The average Bonchev–Trinajstić information content (AvgIpc) is 2.68. The fourth-order valence-electron chi connectivity index (χ4n) is 1.68. The monoisotopic (exact) mass is 217 g/mol. The first kappa shape index (κ1) is 10.6. The van der Waals surface area contributed by atoms with E-state index in [-0.39, 0.29) is 0 Å². The maximum Gasteiger partial charge on any atom is 0.130 e. The lowest BCUT2D eigenvalue weighted by Crippen LogP contribution is -2.03. The van der Waals surface area contributed by atoms with Crippen molar-refractivity contribution in [3.63, 3.8) is 0 Å². The first-order valence-corrected chi connectivity index (χ1v) is 5.31. The van der Waals surface area contributed by atoms with Gasteiger partial charge >= 0.3 is 0 Å². The molecule has 5 nitrogen and oxygen atoms in total. The summed E-state index contributed by atoms with van der Waals surface area (Å²) in [5, 5.41) is 4.34. The number of nitrogens with zero attached hydrogens (tertiary/aromatic N) is 4. The molecule has 0 aliphatic heterocycles. The number of nitrogen functional groups attached to an aromatic ring is 1. The molecule has 5 heteroatoms. The molecular weight excluding hydrogens is 202 g/mol. The molecule has 0 saturated heterocycles. The van der Waals surface area contributed by atoms with Crippen molar-refractivity contribution in [1.82, 2.24) is 19.7 Å². The fourth-order valence-corrected chi connectivity index (χ4v) is 1.68. The van der Waals surface area contributed by atoms with Crippen molar-refractivity contribution in [2.24, 2.45) is 7.05 Å². The molecule has 0 amide bonds. The van der Waals surface area contributed by atoms with Crippen LogP contribution in [-0.2, 0) is 13.5 Å². The van der Waals surface area contributed by atoms with Gasteiger partial charge < -0.3 is 5.73 Å². The van der Waals surface area contributed by atoms with Crippen molar-refractivity contribution in [2.45, 2.75) is 19.8 Å². The summed E-state index contributed by atoms with van der Waals surface area (Å²) in [6.07, 6.45) is 5.26. The quantitative estimate of drug-likeness (QED) is 0.844. The van der Waals surface area contributed by atoms with Crippen molar-refractivity contribution in [2.75, 3.05) is 5.73 Å². The van der Waals surface area contributed by atoms with E-state index in [0.29, 0.717) is 5.82 Å². The molecule has 0 radical (unpaired) electrons. The Balaban J connectivity index is 2.51. The first-order chi connectivity index (χ1) is 7.72. The topological polar surface area (TPSA) is 69.6 Å². The van der Waals surface area contributed by atoms with E-state index in [9.17, 15) is 0 Å². The van der Waals surface area contributed by atoms with Crippen LogP contribution in [0.4, 0.5) is 5.82 Å². The molecule has 0 bridgehead atoms. The normalized spacial score (nSPS) is 10.6. The van der Waals surface area contributed by atoms with E-state index < -0.39 is 0 Å². The minimum atomic E-state index is 0.553. The maximum absolute atomic E-state index is 5.87. The lowest BCUT2D eigenvalue weighted by molar-refractivity contribution is 0.768. The van der Waals surface area contributed by atoms with E-state index in [2.05, 4.69) is 22.0 Å². The Labute approximate surface area is 94.3 Å². The lowest BCUT2D eigenvalue weighted by Gasteiger charge is -2.07. The minimum absolute atomic E-state index is 0.553. The number of nitrogens with two attached hydrogens (primary N) is 1. The molecule has 2 aromatic heterocycles. The predicted molar refractivity (Wildman–Crippen MR) is 62.6 cm³/mol. The molecule has 2 rings (SSSR count). The van der Waals surface area contributed by atoms with Gasteiger partial charge in [0.25, 0.3) is 0 Å². The van der Waals surface area contributed by atoms with E-state index in [4.69, 9.17) is 5.73 Å². The SMILES string of the molecule is CCCc1c(N)ncnc1-c1ccn(C)n1. The second-order valence-corrected chi connectivity index (χ2v) is 3.71. The van der Waals surface area contributed by atoms with Crippen LogP contribution < -0.4 is 5.73 Å². The van der Waals surface area contributed by atoms with E-state index >= 15 is 0 Å². The second kappa shape index (κ2) is 4.30. The molecular formula is C11H15N5. The third-order valence-corrected chi connectivity index (χ3v) is 2.43. The van der Waals surface area contributed by atoms with Crippen LogP contribution in [0.3, 0.4) is 0 Å². The van der Waals surface area contributed by atoms with Crippen molar-refractivity contribution >= 4 is 5.82 Å². The zero-order valence-electron chi connectivity index (χ0n) is 9.51. The van der Waals surface area contributed by atoms with Crippen molar-refractivity contribution in [1.29, 1.82) is 0 Å². The van der Waals surface area contributed by atoms with Gasteiger partial charge in [-0.15, -0.1) is 0 Å². The Morgan fingerprint density at radius 3 is 2.81 bits per heavy atom. The van der Waals surface area contributed by atoms with Crippen molar-refractivity contribution in [3.05, 3.63) is 24.2 Å². The van der Waals surface area contributed by atoms with Gasteiger partial charge in [-0.05, 0) is 12.5 Å². The van der Waals surface area contributed by atoms with Crippen LogP contribution >= 0.6 is 0 Å². The molecule has 2 heterocycles. The van der Waals surface area contributed by atoms with Crippen LogP contribution in [0.25, 0.3) is 11.4 Å². The molecule has 0 saturated carbocycles. The van der Waals surface area contributed by atoms with E-state index in [1.165, 1.54) is 6.33 Å². The molecule has 0 aromatic carbocycles. The van der Waals surface area contributed by atoms with Crippen LogP contribution in [0, 0.1) is 0 Å². The Bertz CT molecular complexity index is 489.